The summed E-state index contributed by atoms with van der Waals surface area (Å²) >= 11 is 0. The van der Waals surface area contributed by atoms with Gasteiger partial charge in [-0.15, -0.1) is 0 Å². The molecule has 0 radical (unpaired) electrons. The molecule has 1 aromatic carbocycles. The maximum atomic E-state index is 14.0. The van der Waals surface area contributed by atoms with Crippen molar-refractivity contribution in [1.29, 1.82) is 0 Å². The van der Waals surface area contributed by atoms with Crippen molar-refractivity contribution < 1.29 is 14.0 Å². The van der Waals surface area contributed by atoms with Gasteiger partial charge in [0.1, 0.15) is 5.82 Å². The number of hydrogen-bond donors (Lipinski definition) is 2. The lowest BCUT2D eigenvalue weighted by atomic mass is 10.2. The Hall–Kier alpha value is -3.00. The van der Waals surface area contributed by atoms with Crippen LogP contribution in [0.2, 0.25) is 0 Å². The Morgan fingerprint density at radius 2 is 1.96 bits per heavy atom. The summed E-state index contributed by atoms with van der Waals surface area (Å²) in [5.74, 6) is -0.515. The molecule has 2 rings (SSSR count). The first-order chi connectivity index (χ1) is 12.9. The number of likely N-dealkylation sites (N-methyl/N-ethyl adjacent to an activating group) is 2. The third kappa shape index (κ3) is 6.67. The molecule has 7 nitrogen and oxygen atoms in total. The number of benzene rings is 1. The maximum absolute atomic E-state index is 14.0. The van der Waals surface area contributed by atoms with Gasteiger partial charge in [-0.25, -0.2) is 9.18 Å². The minimum Gasteiger partial charge on any atom is -0.347 e. The fourth-order valence-corrected chi connectivity index (χ4v) is 2.36. The Bertz CT molecular complexity index is 782. The molecule has 0 unspecified atom stereocenters. The normalized spacial score (nSPS) is 10.6. The van der Waals surface area contributed by atoms with Gasteiger partial charge in [-0.05, 0) is 43.8 Å². The number of aryl methyl sites for hydroxylation is 1. The fourth-order valence-electron chi connectivity index (χ4n) is 2.36. The summed E-state index contributed by atoms with van der Waals surface area (Å²) in [4.78, 5) is 30.4. The zero-order valence-electron chi connectivity index (χ0n) is 15.7. The van der Waals surface area contributed by atoms with Crippen molar-refractivity contribution in [2.24, 2.45) is 0 Å². The lowest BCUT2D eigenvalue weighted by molar-refractivity contribution is -0.117. The van der Waals surface area contributed by atoms with Crippen molar-refractivity contribution in [3.63, 3.8) is 0 Å². The van der Waals surface area contributed by atoms with Gasteiger partial charge in [-0.1, -0.05) is 6.07 Å². The zero-order valence-corrected chi connectivity index (χ0v) is 15.7. The molecule has 0 fully saturated rings. The number of amides is 3. The molecule has 27 heavy (non-hydrogen) atoms. The van der Waals surface area contributed by atoms with E-state index in [0.29, 0.717) is 25.3 Å². The van der Waals surface area contributed by atoms with Crippen LogP contribution in [0.1, 0.15) is 11.3 Å². The number of nitrogens with zero attached hydrogens (tertiary/aromatic N) is 3. The van der Waals surface area contributed by atoms with Crippen LogP contribution in [-0.2, 0) is 11.3 Å². The van der Waals surface area contributed by atoms with Gasteiger partial charge in [0.25, 0.3) is 0 Å². The third-order valence-corrected chi connectivity index (χ3v) is 3.92. The number of carbonyl (C=O) groups is 2. The molecule has 0 saturated carbocycles. The van der Waals surface area contributed by atoms with Crippen LogP contribution in [0.15, 0.2) is 36.5 Å². The average Bonchev–Trinajstić information content (AvgIpc) is 2.64. The second-order valence-electron chi connectivity index (χ2n) is 6.41. The van der Waals surface area contributed by atoms with Crippen molar-refractivity contribution in [2.45, 2.75) is 13.5 Å². The Balaban J connectivity index is 1.96. The van der Waals surface area contributed by atoms with Gasteiger partial charge < -0.3 is 20.4 Å². The van der Waals surface area contributed by atoms with Gasteiger partial charge in [0.2, 0.25) is 6.41 Å². The number of halogens is 1. The number of urea groups is 1. The van der Waals surface area contributed by atoms with E-state index in [4.69, 9.17) is 0 Å². The summed E-state index contributed by atoms with van der Waals surface area (Å²) in [7, 11) is 3.62. The monoisotopic (exact) mass is 373 g/mol. The quantitative estimate of drug-likeness (QED) is 0.698. The van der Waals surface area contributed by atoms with Crippen molar-refractivity contribution in [1.82, 2.24) is 14.8 Å². The Morgan fingerprint density at radius 3 is 2.63 bits per heavy atom. The van der Waals surface area contributed by atoms with Crippen molar-refractivity contribution in [2.75, 3.05) is 37.8 Å². The van der Waals surface area contributed by atoms with Gasteiger partial charge >= 0.3 is 6.03 Å². The molecule has 1 aromatic heterocycles. The molecule has 3 amide bonds. The molecule has 144 valence electrons. The van der Waals surface area contributed by atoms with Gasteiger partial charge in [0.15, 0.2) is 0 Å². The summed E-state index contributed by atoms with van der Waals surface area (Å²) in [5, 5.41) is 5.14. The molecule has 0 aliphatic carbocycles. The molecular formula is C19H24FN5O2. The summed E-state index contributed by atoms with van der Waals surface area (Å²) in [6, 6.07) is 7.54. The highest BCUT2D eigenvalue weighted by Crippen LogP contribution is 2.18. The molecule has 0 saturated heterocycles. The number of nitrogens with one attached hydrogen (secondary N) is 2. The SMILES string of the molecule is Cc1ccc(NC(=O)Nc2cc(CN(C)CCN(C)C=O)ccc2F)cn1. The summed E-state index contributed by atoms with van der Waals surface area (Å²) in [5.41, 5.74) is 2.31. The first-order valence-corrected chi connectivity index (χ1v) is 8.50. The van der Waals surface area contributed by atoms with E-state index in [9.17, 15) is 14.0 Å². The molecule has 0 atom stereocenters. The number of hydrogen-bond acceptors (Lipinski definition) is 4. The molecule has 0 aliphatic heterocycles. The van der Waals surface area contributed by atoms with E-state index in [1.807, 2.05) is 18.9 Å². The van der Waals surface area contributed by atoms with Crippen LogP contribution in [0, 0.1) is 12.7 Å². The second-order valence-corrected chi connectivity index (χ2v) is 6.41. The molecule has 0 bridgehead atoms. The molecule has 8 heteroatoms. The number of rotatable bonds is 8. The minimum atomic E-state index is -0.544. The standard InChI is InChI=1S/C19H24FN5O2/c1-14-4-6-16(11-21-14)22-19(27)23-18-10-15(5-7-17(18)20)12-24(2)8-9-25(3)13-26/h4-7,10-11,13H,8-9,12H2,1-3H3,(H2,22,23,27). The van der Waals surface area contributed by atoms with E-state index in [2.05, 4.69) is 15.6 Å². The summed E-state index contributed by atoms with van der Waals surface area (Å²) < 4.78 is 14.0. The van der Waals surface area contributed by atoms with E-state index < -0.39 is 11.8 Å². The van der Waals surface area contributed by atoms with Gasteiger partial charge in [0.05, 0.1) is 17.6 Å². The largest absolute Gasteiger partial charge is 0.347 e. The van der Waals surface area contributed by atoms with Crippen LogP contribution in [0.25, 0.3) is 0 Å². The molecule has 1 heterocycles. The molecule has 2 aromatic rings. The van der Waals surface area contributed by atoms with Crippen LogP contribution in [0.3, 0.4) is 0 Å². The lowest BCUT2D eigenvalue weighted by Gasteiger charge is -2.20. The highest BCUT2D eigenvalue weighted by molar-refractivity contribution is 5.99. The van der Waals surface area contributed by atoms with E-state index in [0.717, 1.165) is 17.7 Å². The maximum Gasteiger partial charge on any atom is 0.323 e. The van der Waals surface area contributed by atoms with Crippen molar-refractivity contribution in [3.8, 4) is 0 Å². The van der Waals surface area contributed by atoms with Gasteiger partial charge in [0, 0.05) is 32.4 Å². The van der Waals surface area contributed by atoms with Crippen LogP contribution >= 0.6 is 0 Å². The topological polar surface area (TPSA) is 77.6 Å². The summed E-state index contributed by atoms with van der Waals surface area (Å²) in [6.07, 6.45) is 2.31. The van der Waals surface area contributed by atoms with Gasteiger partial charge in [-0.2, -0.15) is 0 Å². The minimum absolute atomic E-state index is 0.100. The highest BCUT2D eigenvalue weighted by atomic mass is 19.1. The van der Waals surface area contributed by atoms with Crippen LogP contribution in [0.4, 0.5) is 20.6 Å². The number of carbonyl (C=O) groups excluding carboxylic acids is 2. The predicted molar refractivity (Wildman–Crippen MR) is 103 cm³/mol. The Labute approximate surface area is 158 Å². The highest BCUT2D eigenvalue weighted by Gasteiger charge is 2.10. The molecule has 0 aliphatic rings. The fraction of sp³-hybridized carbons (Fsp3) is 0.316. The first-order valence-electron chi connectivity index (χ1n) is 8.50. The van der Waals surface area contributed by atoms with Crippen LogP contribution in [-0.4, -0.2) is 54.4 Å². The second kappa shape index (κ2) is 9.63. The summed E-state index contributed by atoms with van der Waals surface area (Å²) in [6.45, 7) is 3.68. The Morgan fingerprint density at radius 1 is 1.19 bits per heavy atom. The third-order valence-electron chi connectivity index (χ3n) is 3.92. The van der Waals surface area contributed by atoms with E-state index in [-0.39, 0.29) is 5.69 Å². The van der Waals surface area contributed by atoms with Crippen LogP contribution < -0.4 is 10.6 Å². The molecular weight excluding hydrogens is 349 g/mol. The van der Waals surface area contributed by atoms with Crippen molar-refractivity contribution in [3.05, 3.63) is 53.6 Å². The average molecular weight is 373 g/mol. The van der Waals surface area contributed by atoms with Crippen molar-refractivity contribution >= 4 is 23.8 Å². The van der Waals surface area contributed by atoms with Crippen LogP contribution in [0.5, 0.6) is 0 Å². The smallest absolute Gasteiger partial charge is 0.323 e. The number of anilines is 2. The van der Waals surface area contributed by atoms with E-state index >= 15 is 0 Å². The lowest BCUT2D eigenvalue weighted by Crippen LogP contribution is -2.29. The zero-order chi connectivity index (χ0) is 19.8. The van der Waals surface area contributed by atoms with E-state index in [1.165, 1.54) is 12.3 Å². The Kier molecular flexibility index (Phi) is 7.25. The number of pyridine rings is 1. The molecule has 2 N–H and O–H groups in total. The van der Waals surface area contributed by atoms with Gasteiger partial charge in [-0.3, -0.25) is 9.78 Å². The number of aromatic nitrogens is 1. The predicted octanol–water partition coefficient (Wildman–Crippen LogP) is 2.69. The van der Waals surface area contributed by atoms with E-state index in [1.54, 1.807) is 36.2 Å². The first kappa shape index (κ1) is 20.3. The molecule has 0 spiro atoms.